The lowest BCUT2D eigenvalue weighted by molar-refractivity contribution is 0.0695. The molecule has 0 bridgehead atoms. The zero-order valence-corrected chi connectivity index (χ0v) is 14.4. The number of hydrogen-bond donors (Lipinski definition) is 0. The number of carbonyl (C=O) groups excluding carboxylic acids is 1. The monoisotopic (exact) mass is 355 g/mol. The van der Waals surface area contributed by atoms with Gasteiger partial charge < -0.3 is 14.4 Å². The van der Waals surface area contributed by atoms with Gasteiger partial charge in [0.15, 0.2) is 0 Å². The maximum absolute atomic E-state index is 12.7. The van der Waals surface area contributed by atoms with Crippen molar-refractivity contribution < 1.29 is 14.3 Å². The Morgan fingerprint density at radius 1 is 1.14 bits per heavy atom. The summed E-state index contributed by atoms with van der Waals surface area (Å²) in [4.78, 5) is 14.6. The van der Waals surface area contributed by atoms with Crippen LogP contribution in [-0.4, -0.2) is 38.1 Å². The molecule has 4 nitrogen and oxygen atoms in total. The summed E-state index contributed by atoms with van der Waals surface area (Å²) in [5.74, 6) is 1.23. The predicted octanol–water partition coefficient (Wildman–Crippen LogP) is 3.87. The third kappa shape index (κ3) is 3.51. The zero-order valence-electron chi connectivity index (χ0n) is 12.8. The molecule has 0 aromatic heterocycles. The summed E-state index contributed by atoms with van der Waals surface area (Å²) in [6.45, 7) is 0. The molecule has 1 aliphatic rings. The molecule has 1 saturated carbocycles. The number of nitrogens with zero attached hydrogens (tertiary/aromatic N) is 1. The fourth-order valence-electron chi connectivity index (χ4n) is 2.83. The summed E-state index contributed by atoms with van der Waals surface area (Å²) in [6.07, 6.45) is 5.86. The largest absolute Gasteiger partial charge is 0.495 e. The standard InChI is InChI=1S/C16H22BrNO3/c1-18(12-7-5-4-6-8-12)16(19)11-9-13(20-2)15(17)14(10-11)21-3/h9-10,12H,4-8H2,1-3H3. The van der Waals surface area contributed by atoms with Gasteiger partial charge in [-0.3, -0.25) is 4.79 Å². The zero-order chi connectivity index (χ0) is 15.4. The molecule has 0 aliphatic heterocycles. The molecule has 21 heavy (non-hydrogen) atoms. The van der Waals surface area contributed by atoms with Gasteiger partial charge in [-0.05, 0) is 40.9 Å². The van der Waals surface area contributed by atoms with Crippen molar-refractivity contribution in [1.82, 2.24) is 4.90 Å². The van der Waals surface area contributed by atoms with Gasteiger partial charge in [-0.25, -0.2) is 0 Å². The van der Waals surface area contributed by atoms with Gasteiger partial charge in [0.25, 0.3) is 5.91 Å². The summed E-state index contributed by atoms with van der Waals surface area (Å²) >= 11 is 3.42. The van der Waals surface area contributed by atoms with E-state index in [0.717, 1.165) is 17.3 Å². The fourth-order valence-corrected chi connectivity index (χ4v) is 3.38. The number of ether oxygens (including phenoxy) is 2. The molecule has 0 atom stereocenters. The maximum Gasteiger partial charge on any atom is 0.254 e. The molecule has 0 saturated heterocycles. The molecule has 0 spiro atoms. The van der Waals surface area contributed by atoms with E-state index in [0.29, 0.717) is 23.1 Å². The van der Waals surface area contributed by atoms with Gasteiger partial charge in [0.2, 0.25) is 0 Å². The van der Waals surface area contributed by atoms with Crippen LogP contribution in [-0.2, 0) is 0 Å². The molecule has 1 aromatic rings. The second kappa shape index (κ2) is 7.16. The van der Waals surface area contributed by atoms with Crippen LogP contribution in [0.1, 0.15) is 42.5 Å². The molecule has 0 unspecified atom stereocenters. The van der Waals surface area contributed by atoms with Crippen LogP contribution < -0.4 is 9.47 Å². The van der Waals surface area contributed by atoms with Crippen LogP contribution in [0.2, 0.25) is 0 Å². The Kier molecular flexibility index (Phi) is 5.51. The van der Waals surface area contributed by atoms with Gasteiger partial charge in [-0.15, -0.1) is 0 Å². The molecule has 0 N–H and O–H groups in total. The number of amides is 1. The van der Waals surface area contributed by atoms with Crippen LogP contribution in [0, 0.1) is 0 Å². The number of methoxy groups -OCH3 is 2. The highest BCUT2D eigenvalue weighted by Gasteiger charge is 2.24. The summed E-state index contributed by atoms with van der Waals surface area (Å²) in [7, 11) is 5.05. The van der Waals surface area contributed by atoms with Gasteiger partial charge in [0.1, 0.15) is 16.0 Å². The SMILES string of the molecule is COc1cc(C(=O)N(C)C2CCCCC2)cc(OC)c1Br. The lowest BCUT2D eigenvalue weighted by Crippen LogP contribution is -2.38. The first-order valence-electron chi connectivity index (χ1n) is 7.27. The van der Waals surface area contributed by atoms with Gasteiger partial charge in [-0.2, -0.15) is 0 Å². The first kappa shape index (κ1) is 16.1. The average Bonchev–Trinajstić information content (AvgIpc) is 2.54. The Bertz CT molecular complexity index is 487. The molecule has 1 amide bonds. The van der Waals surface area contributed by atoms with Crippen molar-refractivity contribution in [2.45, 2.75) is 38.1 Å². The summed E-state index contributed by atoms with van der Waals surface area (Å²) in [5, 5.41) is 0. The van der Waals surface area contributed by atoms with Crippen molar-refractivity contribution in [3.8, 4) is 11.5 Å². The number of hydrogen-bond acceptors (Lipinski definition) is 3. The third-order valence-electron chi connectivity index (χ3n) is 4.14. The smallest absolute Gasteiger partial charge is 0.254 e. The Labute approximate surface area is 134 Å². The third-order valence-corrected chi connectivity index (χ3v) is 4.92. The molecule has 1 aromatic carbocycles. The first-order valence-corrected chi connectivity index (χ1v) is 8.06. The van der Waals surface area contributed by atoms with Crippen LogP contribution in [0.5, 0.6) is 11.5 Å². The second-order valence-corrected chi connectivity index (χ2v) is 6.20. The summed E-state index contributed by atoms with van der Waals surface area (Å²) < 4.78 is 11.3. The van der Waals surface area contributed by atoms with Crippen molar-refractivity contribution in [3.63, 3.8) is 0 Å². The van der Waals surface area contributed by atoms with Crippen LogP contribution in [0.4, 0.5) is 0 Å². The quantitative estimate of drug-likeness (QED) is 0.822. The highest BCUT2D eigenvalue weighted by Crippen LogP contribution is 2.36. The topological polar surface area (TPSA) is 38.8 Å². The van der Waals surface area contributed by atoms with Crippen molar-refractivity contribution >= 4 is 21.8 Å². The minimum Gasteiger partial charge on any atom is -0.495 e. The van der Waals surface area contributed by atoms with E-state index in [1.807, 2.05) is 11.9 Å². The molecule has 5 heteroatoms. The summed E-state index contributed by atoms with van der Waals surface area (Å²) in [5.41, 5.74) is 0.597. The van der Waals surface area contributed by atoms with Crippen LogP contribution >= 0.6 is 15.9 Å². The van der Waals surface area contributed by atoms with Gasteiger partial charge in [0, 0.05) is 18.7 Å². The van der Waals surface area contributed by atoms with Crippen LogP contribution in [0.25, 0.3) is 0 Å². The maximum atomic E-state index is 12.7. The van der Waals surface area contributed by atoms with E-state index in [2.05, 4.69) is 15.9 Å². The lowest BCUT2D eigenvalue weighted by atomic mass is 9.94. The van der Waals surface area contributed by atoms with E-state index in [1.54, 1.807) is 26.4 Å². The number of rotatable bonds is 4. The Morgan fingerprint density at radius 3 is 2.14 bits per heavy atom. The van der Waals surface area contributed by atoms with Crippen LogP contribution in [0.3, 0.4) is 0 Å². The number of halogens is 1. The van der Waals surface area contributed by atoms with Crippen molar-refractivity contribution in [1.29, 1.82) is 0 Å². The average molecular weight is 356 g/mol. The van der Waals surface area contributed by atoms with E-state index in [-0.39, 0.29) is 5.91 Å². The van der Waals surface area contributed by atoms with E-state index >= 15 is 0 Å². The second-order valence-electron chi connectivity index (χ2n) is 5.40. The van der Waals surface area contributed by atoms with E-state index in [9.17, 15) is 4.79 Å². The molecule has 1 aliphatic carbocycles. The minimum atomic E-state index is 0.0194. The Morgan fingerprint density at radius 2 is 1.67 bits per heavy atom. The minimum absolute atomic E-state index is 0.0194. The van der Waals surface area contributed by atoms with Gasteiger partial charge in [-0.1, -0.05) is 19.3 Å². The molecule has 0 radical (unpaired) electrons. The normalized spacial score (nSPS) is 15.6. The van der Waals surface area contributed by atoms with E-state index in [1.165, 1.54) is 19.3 Å². The van der Waals surface area contributed by atoms with E-state index in [4.69, 9.17) is 9.47 Å². The highest BCUT2D eigenvalue weighted by atomic mass is 79.9. The Hall–Kier alpha value is -1.23. The predicted molar refractivity (Wildman–Crippen MR) is 86.2 cm³/mol. The van der Waals surface area contributed by atoms with Crippen molar-refractivity contribution in [3.05, 3.63) is 22.2 Å². The van der Waals surface area contributed by atoms with Gasteiger partial charge in [0.05, 0.1) is 14.2 Å². The number of carbonyl (C=O) groups is 1. The summed E-state index contributed by atoms with van der Waals surface area (Å²) in [6, 6.07) is 3.86. The molecular weight excluding hydrogens is 334 g/mol. The van der Waals surface area contributed by atoms with Gasteiger partial charge >= 0.3 is 0 Å². The van der Waals surface area contributed by atoms with Crippen molar-refractivity contribution in [2.24, 2.45) is 0 Å². The molecule has 0 heterocycles. The van der Waals surface area contributed by atoms with E-state index < -0.39 is 0 Å². The lowest BCUT2D eigenvalue weighted by Gasteiger charge is -2.31. The molecule has 1 fully saturated rings. The van der Waals surface area contributed by atoms with Crippen molar-refractivity contribution in [2.75, 3.05) is 21.3 Å². The Balaban J connectivity index is 2.25. The van der Waals surface area contributed by atoms with Crippen LogP contribution in [0.15, 0.2) is 16.6 Å². The highest BCUT2D eigenvalue weighted by molar-refractivity contribution is 9.10. The first-order chi connectivity index (χ1) is 10.1. The fraction of sp³-hybridized carbons (Fsp3) is 0.562. The molecular formula is C16H22BrNO3. The molecule has 2 rings (SSSR count). The number of benzene rings is 1. The molecule has 116 valence electrons.